The number of hydrogen-bond acceptors (Lipinski definition) is 3. The first-order valence-electron chi connectivity index (χ1n) is 14.0. The summed E-state index contributed by atoms with van der Waals surface area (Å²) in [6.07, 6.45) is 5.38. The molecule has 0 saturated carbocycles. The zero-order valence-corrected chi connectivity index (χ0v) is 26.7. The number of benzene rings is 4. The van der Waals surface area contributed by atoms with Crippen LogP contribution in [-0.4, -0.2) is 15.0 Å². The summed E-state index contributed by atoms with van der Waals surface area (Å²) in [5, 5.41) is 0. The summed E-state index contributed by atoms with van der Waals surface area (Å²) in [7, 11) is 0. The SMILES string of the molecule is Cc1ccc(-c2cc[c-]c(-c3ccccn3)c2)cc1.[Ir+3].[c-]1ccccc1-c1ccccn1.[c-]1ccccc1-c1ccccn1. The van der Waals surface area contributed by atoms with Crippen molar-refractivity contribution < 1.29 is 20.1 Å². The maximum atomic E-state index is 4.37. The van der Waals surface area contributed by atoms with E-state index in [2.05, 4.69) is 76.5 Å². The molecular weight excluding hydrogens is 715 g/mol. The molecular formula is C40H30IrN3. The third kappa shape index (κ3) is 9.50. The van der Waals surface area contributed by atoms with Crippen LogP contribution >= 0.6 is 0 Å². The van der Waals surface area contributed by atoms with Gasteiger partial charge in [0.1, 0.15) is 0 Å². The summed E-state index contributed by atoms with van der Waals surface area (Å²) in [6.45, 7) is 2.10. The van der Waals surface area contributed by atoms with Crippen molar-refractivity contribution in [3.05, 3.63) is 188 Å². The van der Waals surface area contributed by atoms with Crippen LogP contribution in [0.2, 0.25) is 0 Å². The maximum absolute atomic E-state index is 4.37. The van der Waals surface area contributed by atoms with Crippen molar-refractivity contribution in [1.82, 2.24) is 15.0 Å². The zero-order chi connectivity index (χ0) is 29.5. The van der Waals surface area contributed by atoms with Crippen molar-refractivity contribution in [2.75, 3.05) is 0 Å². The second kappa shape index (κ2) is 17.2. The van der Waals surface area contributed by atoms with Crippen LogP contribution in [0.5, 0.6) is 0 Å². The van der Waals surface area contributed by atoms with Gasteiger partial charge in [-0.05, 0) is 47.8 Å². The van der Waals surface area contributed by atoms with Crippen molar-refractivity contribution in [2.45, 2.75) is 6.92 Å². The molecule has 0 unspecified atom stereocenters. The molecule has 0 bridgehead atoms. The van der Waals surface area contributed by atoms with Crippen LogP contribution in [0, 0.1) is 25.1 Å². The molecule has 44 heavy (non-hydrogen) atoms. The summed E-state index contributed by atoms with van der Waals surface area (Å²) >= 11 is 0. The Kier molecular flexibility index (Phi) is 12.5. The van der Waals surface area contributed by atoms with Gasteiger partial charge in [0.2, 0.25) is 0 Å². The van der Waals surface area contributed by atoms with Gasteiger partial charge in [-0.2, -0.15) is 0 Å². The molecule has 7 rings (SSSR count). The fraction of sp³-hybridized carbons (Fsp3) is 0.0250. The van der Waals surface area contributed by atoms with Gasteiger partial charge in [0.15, 0.2) is 0 Å². The van der Waals surface area contributed by atoms with Gasteiger partial charge in [0.05, 0.1) is 0 Å². The van der Waals surface area contributed by atoms with Gasteiger partial charge in [-0.3, -0.25) is 0 Å². The first-order chi connectivity index (χ1) is 21.3. The Hall–Kier alpha value is -5.02. The van der Waals surface area contributed by atoms with E-state index < -0.39 is 0 Å². The van der Waals surface area contributed by atoms with E-state index in [0.29, 0.717) is 0 Å². The van der Waals surface area contributed by atoms with E-state index in [9.17, 15) is 0 Å². The van der Waals surface area contributed by atoms with Gasteiger partial charge >= 0.3 is 20.1 Å². The molecule has 3 aromatic heterocycles. The Bertz CT molecular complexity index is 1630. The molecule has 0 aliphatic carbocycles. The number of aryl methyl sites for hydroxylation is 1. The van der Waals surface area contributed by atoms with Crippen LogP contribution in [-0.2, 0) is 20.1 Å². The molecule has 3 heterocycles. The van der Waals surface area contributed by atoms with Gasteiger partial charge in [-0.25, -0.2) is 0 Å². The standard InChI is InChI=1S/C18H14N.2C11H8N.Ir/c1-14-8-10-15(11-9-14)16-5-4-6-17(13-16)18-7-2-3-12-19-18;2*1-2-6-10(7-3-1)11-8-4-5-9-12-11;/h2-5,7-13H,1H3;2*1-6,8-9H;/q3*-1;+3. The second-order valence-electron chi connectivity index (χ2n) is 9.55. The molecule has 0 fully saturated rings. The smallest absolute Gasteiger partial charge is 0.305 e. The van der Waals surface area contributed by atoms with Crippen LogP contribution in [0.1, 0.15) is 5.56 Å². The zero-order valence-electron chi connectivity index (χ0n) is 24.3. The van der Waals surface area contributed by atoms with E-state index in [-0.39, 0.29) is 20.1 Å². The van der Waals surface area contributed by atoms with Gasteiger partial charge in [0, 0.05) is 18.6 Å². The summed E-state index contributed by atoms with van der Waals surface area (Å²) in [6, 6.07) is 57.5. The number of aromatic nitrogens is 3. The first-order valence-corrected chi connectivity index (χ1v) is 14.0. The molecule has 0 saturated heterocycles. The van der Waals surface area contributed by atoms with Crippen LogP contribution < -0.4 is 0 Å². The average molecular weight is 745 g/mol. The van der Waals surface area contributed by atoms with Crippen LogP contribution in [0.15, 0.2) is 164 Å². The van der Waals surface area contributed by atoms with Crippen LogP contribution in [0.3, 0.4) is 0 Å². The minimum absolute atomic E-state index is 0. The van der Waals surface area contributed by atoms with E-state index in [0.717, 1.165) is 33.8 Å². The van der Waals surface area contributed by atoms with Crippen molar-refractivity contribution in [3.63, 3.8) is 0 Å². The van der Waals surface area contributed by atoms with Crippen molar-refractivity contribution in [2.24, 2.45) is 0 Å². The number of hydrogen-bond donors (Lipinski definition) is 0. The Balaban J connectivity index is 0.000000155. The first kappa shape index (κ1) is 31.9. The molecule has 0 aliphatic rings. The fourth-order valence-corrected chi connectivity index (χ4v) is 4.21. The molecule has 4 heteroatoms. The molecule has 7 aromatic rings. The summed E-state index contributed by atoms with van der Waals surface area (Å²) in [5.74, 6) is 0. The molecule has 0 aliphatic heterocycles. The molecule has 0 radical (unpaired) electrons. The summed E-state index contributed by atoms with van der Waals surface area (Å²) in [5.41, 5.74) is 9.69. The van der Waals surface area contributed by atoms with Gasteiger partial charge in [-0.1, -0.05) is 66.2 Å². The summed E-state index contributed by atoms with van der Waals surface area (Å²) in [4.78, 5) is 12.8. The maximum Gasteiger partial charge on any atom is 3.00 e. The van der Waals surface area contributed by atoms with E-state index in [1.807, 2.05) is 115 Å². The van der Waals surface area contributed by atoms with E-state index in [1.165, 1.54) is 16.7 Å². The minimum Gasteiger partial charge on any atom is -0.305 e. The van der Waals surface area contributed by atoms with Crippen molar-refractivity contribution in [3.8, 4) is 44.9 Å². The predicted molar refractivity (Wildman–Crippen MR) is 176 cm³/mol. The van der Waals surface area contributed by atoms with E-state index in [1.54, 1.807) is 12.4 Å². The quantitative estimate of drug-likeness (QED) is 0.169. The average Bonchev–Trinajstić information content (AvgIpc) is 3.11. The third-order valence-corrected chi connectivity index (χ3v) is 6.43. The second-order valence-corrected chi connectivity index (χ2v) is 9.55. The Labute approximate surface area is 273 Å². The normalized spacial score (nSPS) is 9.75. The topological polar surface area (TPSA) is 38.7 Å². The molecule has 4 aromatic carbocycles. The molecule has 0 N–H and O–H groups in total. The van der Waals surface area contributed by atoms with Crippen LogP contribution in [0.25, 0.3) is 44.9 Å². The van der Waals surface area contributed by atoms with Crippen LogP contribution in [0.4, 0.5) is 0 Å². The Morgan fingerprint density at radius 1 is 0.409 bits per heavy atom. The number of nitrogens with zero attached hydrogens (tertiary/aromatic N) is 3. The molecule has 0 amide bonds. The Morgan fingerprint density at radius 3 is 1.30 bits per heavy atom. The Morgan fingerprint density at radius 2 is 0.864 bits per heavy atom. The molecule has 3 nitrogen and oxygen atoms in total. The van der Waals surface area contributed by atoms with E-state index in [4.69, 9.17) is 0 Å². The van der Waals surface area contributed by atoms with E-state index >= 15 is 0 Å². The van der Waals surface area contributed by atoms with Crippen molar-refractivity contribution >= 4 is 0 Å². The van der Waals surface area contributed by atoms with Gasteiger partial charge in [-0.15, -0.1) is 107 Å². The van der Waals surface area contributed by atoms with Gasteiger partial charge in [0.25, 0.3) is 0 Å². The monoisotopic (exact) mass is 745 g/mol. The molecule has 0 spiro atoms. The summed E-state index contributed by atoms with van der Waals surface area (Å²) < 4.78 is 0. The minimum atomic E-state index is 0. The number of pyridine rings is 3. The number of rotatable bonds is 4. The largest absolute Gasteiger partial charge is 3.00 e. The van der Waals surface area contributed by atoms with Gasteiger partial charge < -0.3 is 15.0 Å². The van der Waals surface area contributed by atoms with Crippen molar-refractivity contribution in [1.29, 1.82) is 0 Å². The molecule has 0 atom stereocenters. The third-order valence-electron chi connectivity index (χ3n) is 6.43. The molecule has 214 valence electrons. The fourth-order valence-electron chi connectivity index (χ4n) is 4.21. The predicted octanol–water partition coefficient (Wildman–Crippen LogP) is 9.62.